The molecule has 0 spiro atoms. The van der Waals surface area contributed by atoms with Gasteiger partial charge in [-0.3, -0.25) is 0 Å². The lowest BCUT2D eigenvalue weighted by Gasteiger charge is -2.25. The Hall–Kier alpha value is -1.04. The van der Waals surface area contributed by atoms with Crippen LogP contribution in [-0.4, -0.2) is 0 Å². The lowest BCUT2D eigenvalue weighted by Crippen LogP contribution is -2.09. The van der Waals surface area contributed by atoms with E-state index >= 15 is 0 Å². The number of rotatable bonds is 2. The van der Waals surface area contributed by atoms with E-state index < -0.39 is 0 Å². The van der Waals surface area contributed by atoms with Gasteiger partial charge in [0.2, 0.25) is 0 Å². The van der Waals surface area contributed by atoms with Gasteiger partial charge in [0.05, 0.1) is 0 Å². The first-order valence-corrected chi connectivity index (χ1v) is 6.55. The molecule has 0 saturated heterocycles. The molecule has 0 bridgehead atoms. The Morgan fingerprint density at radius 3 is 2.44 bits per heavy atom. The lowest BCUT2D eigenvalue weighted by atomic mass is 9.80. The highest BCUT2D eigenvalue weighted by Crippen LogP contribution is 2.36. The molecule has 1 aromatic rings. The van der Waals surface area contributed by atoms with Crippen LogP contribution in [0.25, 0.3) is 5.57 Å². The summed E-state index contributed by atoms with van der Waals surface area (Å²) in [6.07, 6.45) is 9.35. The quantitative estimate of drug-likeness (QED) is 0.651. The molecule has 1 aromatic carbocycles. The van der Waals surface area contributed by atoms with Crippen molar-refractivity contribution < 1.29 is 0 Å². The van der Waals surface area contributed by atoms with Gasteiger partial charge in [-0.2, -0.15) is 0 Å². The summed E-state index contributed by atoms with van der Waals surface area (Å²) in [4.78, 5) is 0. The molecule has 0 N–H and O–H groups in total. The highest BCUT2D eigenvalue weighted by molar-refractivity contribution is 5.69. The van der Waals surface area contributed by atoms with Crippen molar-refractivity contribution >= 4 is 5.57 Å². The van der Waals surface area contributed by atoms with E-state index in [1.54, 1.807) is 5.57 Å². The molecule has 1 saturated carbocycles. The Morgan fingerprint density at radius 1 is 1.12 bits per heavy atom. The Morgan fingerprint density at radius 2 is 1.81 bits per heavy atom. The number of hydrogen-bond donors (Lipinski definition) is 0. The molecule has 0 heterocycles. The van der Waals surface area contributed by atoms with E-state index in [2.05, 4.69) is 44.2 Å². The SMILES string of the molecule is C/C=C(\c1ccccc1C)C1CCCCC1. The number of hydrogen-bond acceptors (Lipinski definition) is 0. The Labute approximate surface area is 99.4 Å². The van der Waals surface area contributed by atoms with Crippen LogP contribution in [0.2, 0.25) is 0 Å². The largest absolute Gasteiger partial charge is 0.0836 e. The van der Waals surface area contributed by atoms with E-state index in [9.17, 15) is 0 Å². The second-order valence-corrected chi connectivity index (χ2v) is 4.89. The average molecular weight is 214 g/mol. The highest BCUT2D eigenvalue weighted by Gasteiger charge is 2.19. The third kappa shape index (κ3) is 2.37. The first-order chi connectivity index (χ1) is 7.83. The molecule has 0 unspecified atom stereocenters. The second kappa shape index (κ2) is 5.34. The van der Waals surface area contributed by atoms with Crippen molar-refractivity contribution in [1.82, 2.24) is 0 Å². The summed E-state index contributed by atoms with van der Waals surface area (Å²) in [7, 11) is 0. The van der Waals surface area contributed by atoms with Crippen LogP contribution in [-0.2, 0) is 0 Å². The normalized spacial score (nSPS) is 18.8. The van der Waals surface area contributed by atoms with Crippen LogP contribution in [0.15, 0.2) is 30.3 Å². The summed E-state index contributed by atoms with van der Waals surface area (Å²) in [6.45, 7) is 4.41. The van der Waals surface area contributed by atoms with Gasteiger partial charge in [-0.05, 0) is 49.3 Å². The van der Waals surface area contributed by atoms with E-state index in [-0.39, 0.29) is 0 Å². The maximum absolute atomic E-state index is 2.33. The molecule has 0 radical (unpaired) electrons. The fourth-order valence-corrected chi connectivity index (χ4v) is 2.92. The third-order valence-corrected chi connectivity index (χ3v) is 3.81. The monoisotopic (exact) mass is 214 g/mol. The number of benzene rings is 1. The Bertz CT molecular complexity index is 367. The van der Waals surface area contributed by atoms with Crippen molar-refractivity contribution in [3.05, 3.63) is 41.5 Å². The Kier molecular flexibility index (Phi) is 3.82. The smallest absolute Gasteiger partial charge is 0.0159 e. The zero-order valence-corrected chi connectivity index (χ0v) is 10.5. The molecule has 2 rings (SSSR count). The maximum atomic E-state index is 2.33. The molecule has 1 aliphatic carbocycles. The topological polar surface area (TPSA) is 0 Å². The van der Waals surface area contributed by atoms with Crippen molar-refractivity contribution in [3.8, 4) is 0 Å². The van der Waals surface area contributed by atoms with Gasteiger partial charge < -0.3 is 0 Å². The molecular formula is C16H22. The molecule has 86 valence electrons. The molecular weight excluding hydrogens is 192 g/mol. The predicted molar refractivity (Wildman–Crippen MR) is 71.4 cm³/mol. The first kappa shape index (κ1) is 11.4. The molecule has 16 heavy (non-hydrogen) atoms. The maximum Gasteiger partial charge on any atom is -0.0159 e. The fourth-order valence-electron chi connectivity index (χ4n) is 2.92. The van der Waals surface area contributed by atoms with Crippen molar-refractivity contribution in [2.45, 2.75) is 46.0 Å². The van der Waals surface area contributed by atoms with Gasteiger partial charge in [0, 0.05) is 0 Å². The Balaban J connectivity index is 2.26. The molecule has 1 aliphatic rings. The third-order valence-electron chi connectivity index (χ3n) is 3.81. The van der Waals surface area contributed by atoms with Crippen molar-refractivity contribution in [2.75, 3.05) is 0 Å². The summed E-state index contributed by atoms with van der Waals surface area (Å²) >= 11 is 0. The molecule has 0 heteroatoms. The van der Waals surface area contributed by atoms with Crippen LogP contribution < -0.4 is 0 Å². The lowest BCUT2D eigenvalue weighted by molar-refractivity contribution is 0.429. The zero-order valence-electron chi connectivity index (χ0n) is 10.5. The van der Waals surface area contributed by atoms with Gasteiger partial charge in [-0.1, -0.05) is 49.6 Å². The first-order valence-electron chi connectivity index (χ1n) is 6.55. The minimum Gasteiger partial charge on any atom is -0.0836 e. The van der Waals surface area contributed by atoms with Crippen molar-refractivity contribution in [1.29, 1.82) is 0 Å². The van der Waals surface area contributed by atoms with Crippen molar-refractivity contribution in [3.63, 3.8) is 0 Å². The summed E-state index contributed by atoms with van der Waals surface area (Å²) in [5.41, 5.74) is 4.47. The van der Waals surface area contributed by atoms with Crippen LogP contribution in [0.3, 0.4) is 0 Å². The standard InChI is InChI=1S/C16H22/c1-3-15(14-10-5-4-6-11-14)16-12-8-7-9-13(16)2/h3,7-9,12,14H,4-6,10-11H2,1-2H3/b15-3-. The molecule has 0 nitrogen and oxygen atoms in total. The second-order valence-electron chi connectivity index (χ2n) is 4.89. The minimum atomic E-state index is 0.805. The van der Waals surface area contributed by atoms with E-state index in [0.29, 0.717) is 0 Å². The van der Waals surface area contributed by atoms with Gasteiger partial charge in [-0.25, -0.2) is 0 Å². The number of allylic oxidation sites excluding steroid dienone is 2. The summed E-state index contributed by atoms with van der Waals surface area (Å²) < 4.78 is 0. The van der Waals surface area contributed by atoms with Crippen LogP contribution >= 0.6 is 0 Å². The summed E-state index contributed by atoms with van der Waals surface area (Å²) in [6, 6.07) is 8.79. The van der Waals surface area contributed by atoms with E-state index in [0.717, 1.165) is 5.92 Å². The minimum absolute atomic E-state index is 0.805. The predicted octanol–water partition coefficient (Wildman–Crippen LogP) is 4.98. The van der Waals surface area contributed by atoms with Crippen LogP contribution in [0.1, 0.15) is 50.2 Å². The van der Waals surface area contributed by atoms with E-state index in [1.165, 1.54) is 43.2 Å². The highest BCUT2D eigenvalue weighted by atomic mass is 14.2. The van der Waals surface area contributed by atoms with Crippen LogP contribution in [0.5, 0.6) is 0 Å². The van der Waals surface area contributed by atoms with E-state index in [1.807, 2.05) is 0 Å². The van der Waals surface area contributed by atoms with Gasteiger partial charge in [0.25, 0.3) is 0 Å². The summed E-state index contributed by atoms with van der Waals surface area (Å²) in [5, 5.41) is 0. The molecule has 0 aliphatic heterocycles. The van der Waals surface area contributed by atoms with Crippen LogP contribution in [0.4, 0.5) is 0 Å². The average Bonchev–Trinajstić information content (AvgIpc) is 2.34. The van der Waals surface area contributed by atoms with Gasteiger partial charge in [-0.15, -0.1) is 0 Å². The van der Waals surface area contributed by atoms with Gasteiger partial charge in [0.1, 0.15) is 0 Å². The fraction of sp³-hybridized carbons (Fsp3) is 0.500. The van der Waals surface area contributed by atoms with Gasteiger partial charge in [0.15, 0.2) is 0 Å². The molecule has 0 aromatic heterocycles. The van der Waals surface area contributed by atoms with Gasteiger partial charge >= 0.3 is 0 Å². The number of aryl methyl sites for hydroxylation is 1. The zero-order chi connectivity index (χ0) is 11.4. The van der Waals surface area contributed by atoms with Crippen LogP contribution in [0, 0.1) is 12.8 Å². The van der Waals surface area contributed by atoms with E-state index in [4.69, 9.17) is 0 Å². The van der Waals surface area contributed by atoms with Crippen molar-refractivity contribution in [2.24, 2.45) is 5.92 Å². The molecule has 0 atom stereocenters. The molecule has 1 fully saturated rings. The summed E-state index contributed by atoms with van der Waals surface area (Å²) in [5.74, 6) is 0.805. The molecule has 0 amide bonds.